The fraction of sp³-hybridized carbons (Fsp3) is 0.435. The van der Waals surface area contributed by atoms with Gasteiger partial charge in [-0.25, -0.2) is 0 Å². The van der Waals surface area contributed by atoms with E-state index in [1.807, 2.05) is 6.92 Å². The normalized spacial score (nSPS) is 14.7. The second kappa shape index (κ2) is 10.3. The average molecular weight is 398 g/mol. The molecule has 1 unspecified atom stereocenters. The Morgan fingerprint density at radius 2 is 1.93 bits per heavy atom. The van der Waals surface area contributed by atoms with Crippen molar-refractivity contribution in [3.63, 3.8) is 0 Å². The predicted molar refractivity (Wildman–Crippen MR) is 116 cm³/mol. The van der Waals surface area contributed by atoms with Gasteiger partial charge in [-0.2, -0.15) is 0 Å². The summed E-state index contributed by atoms with van der Waals surface area (Å²) < 4.78 is 10.5. The lowest BCUT2D eigenvalue weighted by Gasteiger charge is -2.29. The Morgan fingerprint density at radius 1 is 1.14 bits per heavy atom. The topological polar surface area (TPSA) is 62.8 Å². The molecule has 1 amide bonds. The lowest BCUT2D eigenvalue weighted by molar-refractivity contribution is -0.116. The molecule has 1 heterocycles. The molecular weight excluding hydrogens is 366 g/mol. The summed E-state index contributed by atoms with van der Waals surface area (Å²) in [4.78, 5) is 14.9. The smallest absolute Gasteiger partial charge is 0.226 e. The van der Waals surface area contributed by atoms with Crippen LogP contribution in [0.4, 0.5) is 5.69 Å². The summed E-state index contributed by atoms with van der Waals surface area (Å²) in [6.07, 6.45) is 1.50. The maximum atomic E-state index is 12.4. The molecule has 0 saturated carbocycles. The van der Waals surface area contributed by atoms with Crippen molar-refractivity contribution in [2.75, 3.05) is 39.2 Å². The lowest BCUT2D eigenvalue weighted by Crippen LogP contribution is -2.39. The number of hydrogen-bond acceptors (Lipinski definition) is 5. The first-order valence-corrected chi connectivity index (χ1v) is 10.1. The molecule has 1 aliphatic heterocycles. The van der Waals surface area contributed by atoms with Gasteiger partial charge in [0.05, 0.1) is 19.9 Å². The Morgan fingerprint density at radius 3 is 2.69 bits per heavy atom. The van der Waals surface area contributed by atoms with E-state index in [1.165, 1.54) is 11.1 Å². The Balaban J connectivity index is 1.42. The summed E-state index contributed by atoms with van der Waals surface area (Å²) in [6, 6.07) is 14.1. The minimum absolute atomic E-state index is 0.0524. The molecule has 2 aromatic carbocycles. The molecule has 1 aliphatic rings. The summed E-state index contributed by atoms with van der Waals surface area (Å²) in [5.41, 5.74) is 3.52. The fourth-order valence-electron chi connectivity index (χ4n) is 3.68. The minimum atomic E-state index is -0.0524. The van der Waals surface area contributed by atoms with Crippen molar-refractivity contribution in [1.29, 1.82) is 0 Å². The number of nitrogens with one attached hydrogen (secondary N) is 2. The Bertz CT molecular complexity index is 825. The molecule has 2 N–H and O–H groups in total. The monoisotopic (exact) mass is 397 g/mol. The molecule has 29 heavy (non-hydrogen) atoms. The van der Waals surface area contributed by atoms with E-state index in [0.29, 0.717) is 23.6 Å². The molecule has 0 radical (unpaired) electrons. The van der Waals surface area contributed by atoms with Gasteiger partial charge in [0, 0.05) is 44.7 Å². The van der Waals surface area contributed by atoms with E-state index in [0.717, 1.165) is 32.6 Å². The molecule has 3 rings (SSSR count). The van der Waals surface area contributed by atoms with Gasteiger partial charge in [0.25, 0.3) is 0 Å². The van der Waals surface area contributed by atoms with Crippen LogP contribution >= 0.6 is 0 Å². The zero-order valence-corrected chi connectivity index (χ0v) is 17.5. The van der Waals surface area contributed by atoms with Crippen molar-refractivity contribution in [3.8, 4) is 11.5 Å². The molecule has 6 nitrogen and oxygen atoms in total. The number of nitrogens with zero attached hydrogens (tertiary/aromatic N) is 1. The van der Waals surface area contributed by atoms with Crippen molar-refractivity contribution < 1.29 is 14.3 Å². The molecule has 0 saturated heterocycles. The molecule has 156 valence electrons. The van der Waals surface area contributed by atoms with Crippen molar-refractivity contribution in [1.82, 2.24) is 10.2 Å². The highest BCUT2D eigenvalue weighted by atomic mass is 16.5. The SMILES string of the molecule is COc1ccc(OC)c(NC(=O)CC(C)NCCN2CCc3ccccc3C2)c1. The molecule has 0 spiro atoms. The second-order valence-electron chi connectivity index (χ2n) is 7.47. The van der Waals surface area contributed by atoms with Crippen LogP contribution < -0.4 is 20.1 Å². The Labute approximate surface area is 173 Å². The maximum absolute atomic E-state index is 12.4. The largest absolute Gasteiger partial charge is 0.497 e. The number of hydrogen-bond donors (Lipinski definition) is 2. The van der Waals surface area contributed by atoms with Crippen LogP contribution in [-0.2, 0) is 17.8 Å². The Kier molecular flexibility index (Phi) is 7.49. The Hall–Kier alpha value is -2.57. The zero-order chi connectivity index (χ0) is 20.6. The molecule has 0 fully saturated rings. The summed E-state index contributed by atoms with van der Waals surface area (Å²) >= 11 is 0. The van der Waals surface area contributed by atoms with Crippen molar-refractivity contribution in [2.45, 2.75) is 32.4 Å². The highest BCUT2D eigenvalue weighted by Gasteiger charge is 2.16. The first kappa shape index (κ1) is 21.1. The number of carbonyl (C=O) groups is 1. The van der Waals surface area contributed by atoms with E-state index >= 15 is 0 Å². The summed E-state index contributed by atoms with van der Waals surface area (Å²) in [6.45, 7) is 5.96. The van der Waals surface area contributed by atoms with E-state index in [9.17, 15) is 4.79 Å². The molecule has 0 aromatic heterocycles. The van der Waals surface area contributed by atoms with Gasteiger partial charge in [-0.1, -0.05) is 24.3 Å². The zero-order valence-electron chi connectivity index (χ0n) is 17.5. The average Bonchev–Trinajstić information content (AvgIpc) is 2.73. The molecular formula is C23H31N3O3. The van der Waals surface area contributed by atoms with Gasteiger partial charge in [0.15, 0.2) is 0 Å². The van der Waals surface area contributed by atoms with Crippen molar-refractivity contribution >= 4 is 11.6 Å². The van der Waals surface area contributed by atoms with E-state index in [-0.39, 0.29) is 11.9 Å². The minimum Gasteiger partial charge on any atom is -0.497 e. The van der Waals surface area contributed by atoms with E-state index < -0.39 is 0 Å². The molecule has 0 bridgehead atoms. The quantitative estimate of drug-likeness (QED) is 0.681. The number of methoxy groups -OCH3 is 2. The first-order valence-electron chi connectivity index (χ1n) is 10.1. The predicted octanol–water partition coefficient (Wildman–Crippen LogP) is 3.07. The van der Waals surface area contributed by atoms with Crippen LogP contribution in [0.25, 0.3) is 0 Å². The van der Waals surface area contributed by atoms with Crippen LogP contribution in [0.2, 0.25) is 0 Å². The summed E-state index contributed by atoms with van der Waals surface area (Å²) in [5.74, 6) is 1.24. The number of ether oxygens (including phenoxy) is 2. The van der Waals surface area contributed by atoms with Crippen LogP contribution in [0.1, 0.15) is 24.5 Å². The number of carbonyl (C=O) groups excluding carboxylic acids is 1. The highest BCUT2D eigenvalue weighted by Crippen LogP contribution is 2.29. The molecule has 6 heteroatoms. The number of fused-ring (bicyclic) bond motifs is 1. The molecule has 1 atom stereocenters. The van der Waals surface area contributed by atoms with Gasteiger partial charge in [-0.05, 0) is 36.6 Å². The van der Waals surface area contributed by atoms with Crippen LogP contribution in [0.3, 0.4) is 0 Å². The third kappa shape index (κ3) is 5.95. The maximum Gasteiger partial charge on any atom is 0.226 e. The van der Waals surface area contributed by atoms with E-state index in [4.69, 9.17) is 9.47 Å². The van der Waals surface area contributed by atoms with Gasteiger partial charge in [0.1, 0.15) is 11.5 Å². The van der Waals surface area contributed by atoms with Gasteiger partial charge in [-0.15, -0.1) is 0 Å². The van der Waals surface area contributed by atoms with Crippen molar-refractivity contribution in [2.24, 2.45) is 0 Å². The highest BCUT2D eigenvalue weighted by molar-refractivity contribution is 5.92. The standard InChI is InChI=1S/C23H31N3O3/c1-17(14-23(27)25-21-15-20(28-2)8-9-22(21)29-3)24-11-13-26-12-10-18-6-4-5-7-19(18)16-26/h4-9,15,17,24H,10-14,16H2,1-3H3,(H,25,27). The van der Waals surface area contributed by atoms with Gasteiger partial charge < -0.3 is 20.1 Å². The van der Waals surface area contributed by atoms with Gasteiger partial charge >= 0.3 is 0 Å². The van der Waals surface area contributed by atoms with Crippen LogP contribution in [0.5, 0.6) is 11.5 Å². The second-order valence-corrected chi connectivity index (χ2v) is 7.47. The lowest BCUT2D eigenvalue weighted by atomic mass is 10.00. The summed E-state index contributed by atoms with van der Waals surface area (Å²) in [7, 11) is 3.18. The van der Waals surface area contributed by atoms with Crippen LogP contribution in [0, 0.1) is 0 Å². The fourth-order valence-corrected chi connectivity index (χ4v) is 3.68. The number of rotatable bonds is 9. The van der Waals surface area contributed by atoms with E-state index in [1.54, 1.807) is 32.4 Å². The number of benzene rings is 2. The number of amides is 1. The molecule has 2 aromatic rings. The number of anilines is 1. The molecule has 0 aliphatic carbocycles. The van der Waals surface area contributed by atoms with E-state index in [2.05, 4.69) is 39.8 Å². The first-order chi connectivity index (χ1) is 14.1. The summed E-state index contributed by atoms with van der Waals surface area (Å²) in [5, 5.41) is 6.39. The third-order valence-corrected chi connectivity index (χ3v) is 5.30. The van der Waals surface area contributed by atoms with Crippen molar-refractivity contribution in [3.05, 3.63) is 53.6 Å². The van der Waals surface area contributed by atoms with Gasteiger partial charge in [-0.3, -0.25) is 9.69 Å². The van der Waals surface area contributed by atoms with Gasteiger partial charge in [0.2, 0.25) is 5.91 Å². The van der Waals surface area contributed by atoms with Crippen LogP contribution in [-0.4, -0.2) is 50.7 Å². The third-order valence-electron chi connectivity index (χ3n) is 5.30. The van der Waals surface area contributed by atoms with Crippen LogP contribution in [0.15, 0.2) is 42.5 Å².